The summed E-state index contributed by atoms with van der Waals surface area (Å²) < 4.78 is 107. The van der Waals surface area contributed by atoms with Gasteiger partial charge in [0.1, 0.15) is 17.1 Å². The van der Waals surface area contributed by atoms with E-state index >= 15 is 0 Å². The summed E-state index contributed by atoms with van der Waals surface area (Å²) in [6.45, 7) is 1.63. The Morgan fingerprint density at radius 1 is 0.975 bits per heavy atom. The maximum atomic E-state index is 14.0. The molecule has 0 saturated carbocycles. The lowest BCUT2D eigenvalue weighted by molar-refractivity contribution is -0.143. The van der Waals surface area contributed by atoms with Crippen LogP contribution in [0.4, 0.5) is 41.2 Å². The van der Waals surface area contributed by atoms with Gasteiger partial charge in [-0.2, -0.15) is 26.3 Å². The van der Waals surface area contributed by atoms with Gasteiger partial charge in [-0.05, 0) is 61.4 Å². The molecule has 0 aliphatic rings. The van der Waals surface area contributed by atoms with E-state index in [0.29, 0.717) is 19.8 Å². The Hall–Kier alpha value is -4.93. The van der Waals surface area contributed by atoms with Gasteiger partial charge in [-0.25, -0.2) is 18.5 Å². The minimum absolute atomic E-state index is 0.000164. The number of nitrogens with zero attached hydrogens (tertiary/aromatic N) is 3. The van der Waals surface area contributed by atoms with E-state index in [1.807, 2.05) is 0 Å². The minimum Gasteiger partial charge on any atom is -0.453 e. The van der Waals surface area contributed by atoms with E-state index in [0.717, 1.165) is 43.7 Å². The average Bonchev–Trinajstić information content (AvgIpc) is 3.46. The fourth-order valence-corrected chi connectivity index (χ4v) is 3.46. The molecular formula is C26H16F7N3O4. The predicted molar refractivity (Wildman–Crippen MR) is 127 cm³/mol. The SMILES string of the molecule is Cc1ccc(C#Cn2ccn(-c3cc(C(F)(F)F)cc(C(F)(F)F)c3OC(=O)N(C)c3ccc(F)cc3)c2=O)o1. The van der Waals surface area contributed by atoms with Gasteiger partial charge in [-0.1, -0.05) is 0 Å². The van der Waals surface area contributed by atoms with Crippen LogP contribution in [0.25, 0.3) is 5.69 Å². The number of anilines is 1. The van der Waals surface area contributed by atoms with Crippen molar-refractivity contribution in [3.05, 3.63) is 99.9 Å². The highest BCUT2D eigenvalue weighted by Gasteiger charge is 2.42. The number of ether oxygens (including phenoxy) is 1. The van der Waals surface area contributed by atoms with Crippen LogP contribution in [0, 0.1) is 24.7 Å². The summed E-state index contributed by atoms with van der Waals surface area (Å²) in [6, 6.07) is 9.65. The number of alkyl halides is 6. The van der Waals surface area contributed by atoms with Crippen molar-refractivity contribution in [1.82, 2.24) is 9.13 Å². The first kappa shape index (κ1) is 28.1. The quantitative estimate of drug-likeness (QED) is 0.218. The molecule has 0 saturated heterocycles. The number of imidazole rings is 1. The van der Waals surface area contributed by atoms with E-state index in [2.05, 4.69) is 12.0 Å². The molecule has 0 fully saturated rings. The highest BCUT2D eigenvalue weighted by Crippen LogP contribution is 2.44. The smallest absolute Gasteiger partial charge is 0.420 e. The molecule has 7 nitrogen and oxygen atoms in total. The first-order chi connectivity index (χ1) is 18.6. The van der Waals surface area contributed by atoms with E-state index in [1.54, 1.807) is 13.0 Å². The Morgan fingerprint density at radius 2 is 1.65 bits per heavy atom. The third-order valence-corrected chi connectivity index (χ3v) is 5.46. The molecule has 0 aliphatic carbocycles. The average molecular weight is 567 g/mol. The first-order valence-corrected chi connectivity index (χ1v) is 11.1. The summed E-state index contributed by atoms with van der Waals surface area (Å²) in [7, 11) is 1.08. The molecule has 14 heteroatoms. The van der Waals surface area contributed by atoms with Gasteiger partial charge >= 0.3 is 24.1 Å². The highest BCUT2D eigenvalue weighted by atomic mass is 19.4. The Kier molecular flexibility index (Phi) is 7.25. The number of amides is 1. The van der Waals surface area contributed by atoms with Crippen LogP contribution in [0.5, 0.6) is 5.75 Å². The van der Waals surface area contributed by atoms with Crippen molar-refractivity contribution in [2.75, 3.05) is 11.9 Å². The maximum Gasteiger partial charge on any atom is 0.420 e. The van der Waals surface area contributed by atoms with Gasteiger partial charge in [0.05, 0.1) is 11.3 Å². The molecule has 0 aliphatic heterocycles. The van der Waals surface area contributed by atoms with Crippen molar-refractivity contribution < 1.29 is 44.7 Å². The molecule has 0 bridgehead atoms. The standard InChI is InChI=1S/C26H16F7N3O4/c1-15-3-8-19(39-15)9-10-35-11-12-36(23(35)37)21-14-16(25(28,29)30)13-20(26(31,32)33)22(21)40-24(38)34(2)18-6-4-17(27)5-7-18/h3-8,11-14H,1-2H3. The molecule has 0 unspecified atom stereocenters. The van der Waals surface area contributed by atoms with Crippen molar-refractivity contribution in [3.8, 4) is 23.4 Å². The van der Waals surface area contributed by atoms with E-state index < -0.39 is 52.5 Å². The van der Waals surface area contributed by atoms with E-state index in [4.69, 9.17) is 9.15 Å². The van der Waals surface area contributed by atoms with Crippen LogP contribution in [-0.2, 0) is 12.4 Å². The van der Waals surface area contributed by atoms with Gasteiger partial charge in [-0.3, -0.25) is 9.47 Å². The Labute approximate surface area is 220 Å². The lowest BCUT2D eigenvalue weighted by Gasteiger charge is -2.22. The number of benzene rings is 2. The molecule has 2 aromatic heterocycles. The summed E-state index contributed by atoms with van der Waals surface area (Å²) in [6.07, 6.45) is -10.3. The van der Waals surface area contributed by atoms with Gasteiger partial charge in [0.2, 0.25) is 0 Å². The van der Waals surface area contributed by atoms with Gasteiger partial charge in [0.25, 0.3) is 0 Å². The van der Waals surface area contributed by atoms with Crippen LogP contribution in [-0.4, -0.2) is 22.3 Å². The van der Waals surface area contributed by atoms with Crippen LogP contribution < -0.4 is 15.3 Å². The van der Waals surface area contributed by atoms with E-state index in [-0.39, 0.29) is 23.6 Å². The molecule has 4 aromatic rings. The topological polar surface area (TPSA) is 69.6 Å². The summed E-state index contributed by atoms with van der Waals surface area (Å²) in [4.78, 5) is 26.5. The molecule has 4 rings (SSSR count). The predicted octanol–water partition coefficient (Wildman–Crippen LogP) is 6.21. The molecule has 2 aromatic carbocycles. The number of hydrogen-bond acceptors (Lipinski definition) is 4. The third kappa shape index (κ3) is 5.88. The number of aryl methyl sites for hydroxylation is 1. The van der Waals surface area contributed by atoms with Crippen LogP contribution in [0.15, 0.2) is 70.1 Å². The van der Waals surface area contributed by atoms with Crippen LogP contribution in [0.3, 0.4) is 0 Å². The molecule has 208 valence electrons. The molecule has 2 heterocycles. The number of carbonyl (C=O) groups excluding carboxylic acids is 1. The van der Waals surface area contributed by atoms with Crippen molar-refractivity contribution in [2.45, 2.75) is 19.3 Å². The highest BCUT2D eigenvalue weighted by molar-refractivity contribution is 5.89. The number of furan rings is 1. The van der Waals surface area contributed by atoms with E-state index in [1.165, 1.54) is 6.07 Å². The van der Waals surface area contributed by atoms with Crippen LogP contribution in [0.2, 0.25) is 0 Å². The lowest BCUT2D eigenvalue weighted by atomic mass is 10.1. The molecule has 40 heavy (non-hydrogen) atoms. The summed E-state index contributed by atoms with van der Waals surface area (Å²) >= 11 is 0. The van der Waals surface area contributed by atoms with Crippen molar-refractivity contribution >= 4 is 11.8 Å². The normalized spacial score (nSPS) is 11.6. The lowest BCUT2D eigenvalue weighted by Crippen LogP contribution is -2.31. The minimum atomic E-state index is -5.44. The number of halogens is 7. The van der Waals surface area contributed by atoms with Gasteiger partial charge in [0, 0.05) is 31.2 Å². The fraction of sp³-hybridized carbons (Fsp3) is 0.154. The number of aromatic nitrogens is 2. The van der Waals surface area contributed by atoms with Crippen LogP contribution >= 0.6 is 0 Å². The van der Waals surface area contributed by atoms with Crippen LogP contribution in [0.1, 0.15) is 22.6 Å². The van der Waals surface area contributed by atoms with E-state index in [9.17, 15) is 40.3 Å². The number of carbonyl (C=O) groups is 1. The van der Waals surface area contributed by atoms with Crippen molar-refractivity contribution in [3.63, 3.8) is 0 Å². The Morgan fingerprint density at radius 3 is 2.23 bits per heavy atom. The zero-order valence-electron chi connectivity index (χ0n) is 20.4. The molecule has 0 atom stereocenters. The first-order valence-electron chi connectivity index (χ1n) is 11.1. The fourth-order valence-electron chi connectivity index (χ4n) is 3.46. The van der Waals surface area contributed by atoms with Crippen molar-refractivity contribution in [2.24, 2.45) is 0 Å². The Balaban J connectivity index is 1.87. The third-order valence-electron chi connectivity index (χ3n) is 5.46. The zero-order chi connectivity index (χ0) is 29.4. The molecule has 1 amide bonds. The molecule has 0 N–H and O–H groups in total. The second kappa shape index (κ2) is 10.3. The molecule has 0 radical (unpaired) electrons. The van der Waals surface area contributed by atoms with Gasteiger partial charge in [-0.15, -0.1) is 0 Å². The monoisotopic (exact) mass is 567 g/mol. The second-order valence-electron chi connectivity index (χ2n) is 8.24. The van der Waals surface area contributed by atoms with Crippen molar-refractivity contribution in [1.29, 1.82) is 0 Å². The summed E-state index contributed by atoms with van der Waals surface area (Å²) in [5.41, 5.74) is -5.90. The summed E-state index contributed by atoms with van der Waals surface area (Å²) in [5.74, 6) is 1.12. The van der Waals surface area contributed by atoms with Gasteiger partial charge in [0.15, 0.2) is 11.5 Å². The summed E-state index contributed by atoms with van der Waals surface area (Å²) in [5, 5.41) is 0. The second-order valence-corrected chi connectivity index (χ2v) is 8.24. The number of hydrogen-bond donors (Lipinski definition) is 0. The maximum absolute atomic E-state index is 14.0. The van der Waals surface area contributed by atoms with Gasteiger partial charge < -0.3 is 9.15 Å². The molecular weight excluding hydrogens is 551 g/mol. The number of rotatable bonds is 3. The largest absolute Gasteiger partial charge is 0.453 e. The molecule has 0 spiro atoms. The Bertz CT molecular complexity index is 1680. The zero-order valence-corrected chi connectivity index (χ0v) is 20.4.